The van der Waals surface area contributed by atoms with Crippen LogP contribution in [0.4, 0.5) is 0 Å². The predicted molar refractivity (Wildman–Crippen MR) is 85.3 cm³/mol. The number of pyridine rings is 1. The van der Waals surface area contributed by atoms with Crippen LogP contribution in [0.1, 0.15) is 0 Å². The Morgan fingerprint density at radius 3 is 2.48 bits per heavy atom. The van der Waals surface area contributed by atoms with E-state index in [-0.39, 0.29) is 5.28 Å². The van der Waals surface area contributed by atoms with Crippen molar-refractivity contribution in [2.75, 3.05) is 0 Å². The highest BCUT2D eigenvalue weighted by atomic mass is 35.5. The van der Waals surface area contributed by atoms with Crippen LogP contribution in [-0.4, -0.2) is 15.0 Å². The van der Waals surface area contributed by atoms with E-state index >= 15 is 0 Å². The van der Waals surface area contributed by atoms with Crippen LogP contribution in [0, 0.1) is 0 Å². The van der Waals surface area contributed by atoms with Crippen molar-refractivity contribution >= 4 is 33.3 Å². The molecule has 4 aromatic rings. The fourth-order valence-corrected chi connectivity index (χ4v) is 2.70. The third-order valence-corrected chi connectivity index (χ3v) is 3.64. The topological polar surface area (TPSA) is 38.7 Å². The molecule has 2 heterocycles. The Kier molecular flexibility index (Phi) is 2.79. The Balaban J connectivity index is 2.15. The second-order valence-electron chi connectivity index (χ2n) is 4.74. The molecule has 3 nitrogen and oxygen atoms in total. The van der Waals surface area contributed by atoms with Crippen molar-refractivity contribution < 1.29 is 0 Å². The first-order chi connectivity index (χ1) is 10.3. The average molecular weight is 292 g/mol. The van der Waals surface area contributed by atoms with E-state index in [0.717, 1.165) is 33.1 Å². The molecule has 0 atom stereocenters. The zero-order chi connectivity index (χ0) is 14.2. The molecule has 0 radical (unpaired) electrons. The summed E-state index contributed by atoms with van der Waals surface area (Å²) >= 11 is 6.12. The van der Waals surface area contributed by atoms with Crippen LogP contribution in [0.25, 0.3) is 33.1 Å². The Morgan fingerprint density at radius 1 is 0.762 bits per heavy atom. The van der Waals surface area contributed by atoms with Crippen LogP contribution < -0.4 is 0 Å². The summed E-state index contributed by atoms with van der Waals surface area (Å²) < 4.78 is 0. The normalized spacial score (nSPS) is 11.1. The standard InChI is InChI=1S/C17H10ClN3/c18-17-20-15-12-6-2-1-5-11(12)8-9-13(15)16(21-17)14-7-3-4-10-19-14/h1-10H. The number of hydrogen-bond donors (Lipinski definition) is 0. The van der Waals surface area contributed by atoms with E-state index in [1.54, 1.807) is 6.20 Å². The molecule has 100 valence electrons. The third kappa shape index (κ3) is 2.03. The molecule has 2 aromatic carbocycles. The minimum atomic E-state index is 0.236. The number of benzene rings is 2. The molecular weight excluding hydrogens is 282 g/mol. The first-order valence-corrected chi connectivity index (χ1v) is 6.97. The van der Waals surface area contributed by atoms with Gasteiger partial charge in [-0.15, -0.1) is 0 Å². The van der Waals surface area contributed by atoms with Gasteiger partial charge in [-0.25, -0.2) is 9.97 Å². The van der Waals surface area contributed by atoms with Gasteiger partial charge in [-0.1, -0.05) is 36.4 Å². The van der Waals surface area contributed by atoms with Gasteiger partial charge in [0, 0.05) is 17.0 Å². The Labute approximate surface area is 126 Å². The summed E-state index contributed by atoms with van der Waals surface area (Å²) in [4.78, 5) is 13.2. The summed E-state index contributed by atoms with van der Waals surface area (Å²) in [7, 11) is 0. The summed E-state index contributed by atoms with van der Waals surface area (Å²) in [5.74, 6) is 0. The van der Waals surface area contributed by atoms with Gasteiger partial charge in [-0.2, -0.15) is 0 Å². The van der Waals surface area contributed by atoms with Gasteiger partial charge in [0.15, 0.2) is 0 Å². The number of nitrogens with zero attached hydrogens (tertiary/aromatic N) is 3. The van der Waals surface area contributed by atoms with Gasteiger partial charge >= 0.3 is 0 Å². The molecule has 0 fully saturated rings. The second-order valence-corrected chi connectivity index (χ2v) is 5.08. The van der Waals surface area contributed by atoms with Gasteiger partial charge in [0.25, 0.3) is 0 Å². The van der Waals surface area contributed by atoms with Gasteiger partial charge in [0.05, 0.1) is 11.2 Å². The fourth-order valence-electron chi connectivity index (χ4n) is 2.53. The number of fused-ring (bicyclic) bond motifs is 3. The molecule has 2 aromatic heterocycles. The van der Waals surface area contributed by atoms with Crippen LogP contribution in [0.2, 0.25) is 5.28 Å². The van der Waals surface area contributed by atoms with Crippen LogP contribution in [0.15, 0.2) is 60.8 Å². The summed E-state index contributed by atoms with van der Waals surface area (Å²) in [5.41, 5.74) is 2.41. The van der Waals surface area contributed by atoms with E-state index in [2.05, 4.69) is 27.1 Å². The molecule has 0 saturated carbocycles. The lowest BCUT2D eigenvalue weighted by Gasteiger charge is -2.08. The molecule has 0 amide bonds. The van der Waals surface area contributed by atoms with E-state index < -0.39 is 0 Å². The smallest absolute Gasteiger partial charge is 0.223 e. The highest BCUT2D eigenvalue weighted by Crippen LogP contribution is 2.30. The lowest BCUT2D eigenvalue weighted by atomic mass is 10.0. The van der Waals surface area contributed by atoms with Crippen molar-refractivity contribution in [3.05, 3.63) is 66.1 Å². The highest BCUT2D eigenvalue weighted by molar-refractivity contribution is 6.29. The van der Waals surface area contributed by atoms with Crippen molar-refractivity contribution in [3.63, 3.8) is 0 Å². The molecule has 0 aliphatic carbocycles. The lowest BCUT2D eigenvalue weighted by Crippen LogP contribution is -1.93. The molecule has 4 heteroatoms. The maximum Gasteiger partial charge on any atom is 0.223 e. The quantitative estimate of drug-likeness (QED) is 0.383. The molecule has 4 rings (SSSR count). The van der Waals surface area contributed by atoms with Crippen LogP contribution in [-0.2, 0) is 0 Å². The Hall–Kier alpha value is -2.52. The monoisotopic (exact) mass is 291 g/mol. The largest absolute Gasteiger partial charge is 0.255 e. The molecule has 0 aliphatic heterocycles. The number of rotatable bonds is 1. The molecule has 0 aliphatic rings. The molecular formula is C17H10ClN3. The molecule has 21 heavy (non-hydrogen) atoms. The van der Waals surface area contributed by atoms with Gasteiger partial charge in [0.1, 0.15) is 5.69 Å². The van der Waals surface area contributed by atoms with E-state index in [9.17, 15) is 0 Å². The van der Waals surface area contributed by atoms with E-state index in [4.69, 9.17) is 11.6 Å². The maximum atomic E-state index is 6.12. The number of aromatic nitrogens is 3. The first kappa shape index (κ1) is 12.2. The minimum Gasteiger partial charge on any atom is -0.255 e. The Morgan fingerprint density at radius 2 is 1.62 bits per heavy atom. The number of hydrogen-bond acceptors (Lipinski definition) is 3. The van der Waals surface area contributed by atoms with E-state index in [1.165, 1.54) is 0 Å². The van der Waals surface area contributed by atoms with Crippen molar-refractivity contribution in [1.82, 2.24) is 15.0 Å². The van der Waals surface area contributed by atoms with E-state index in [1.807, 2.05) is 42.5 Å². The minimum absolute atomic E-state index is 0.236. The van der Waals surface area contributed by atoms with Gasteiger partial charge < -0.3 is 0 Å². The highest BCUT2D eigenvalue weighted by Gasteiger charge is 2.11. The fraction of sp³-hybridized carbons (Fsp3) is 0. The summed E-state index contributed by atoms with van der Waals surface area (Å²) in [5, 5.41) is 3.39. The predicted octanol–water partition coefficient (Wildman–Crippen LogP) is 4.50. The average Bonchev–Trinajstić information content (AvgIpc) is 2.55. The molecule has 0 spiro atoms. The maximum absolute atomic E-state index is 6.12. The summed E-state index contributed by atoms with van der Waals surface area (Å²) in [6.45, 7) is 0. The zero-order valence-electron chi connectivity index (χ0n) is 11.0. The molecule has 0 N–H and O–H groups in total. The zero-order valence-corrected chi connectivity index (χ0v) is 11.7. The van der Waals surface area contributed by atoms with Gasteiger partial charge in [0.2, 0.25) is 5.28 Å². The van der Waals surface area contributed by atoms with E-state index in [0.29, 0.717) is 0 Å². The van der Waals surface area contributed by atoms with Crippen molar-refractivity contribution in [1.29, 1.82) is 0 Å². The van der Waals surface area contributed by atoms with Crippen molar-refractivity contribution in [2.45, 2.75) is 0 Å². The summed E-state index contributed by atoms with van der Waals surface area (Å²) in [6, 6.07) is 17.9. The third-order valence-electron chi connectivity index (χ3n) is 3.47. The van der Waals surface area contributed by atoms with Crippen molar-refractivity contribution in [3.8, 4) is 11.4 Å². The number of halogens is 1. The Bertz CT molecular complexity index is 952. The molecule has 0 saturated heterocycles. The molecule has 0 unspecified atom stereocenters. The first-order valence-electron chi connectivity index (χ1n) is 6.59. The summed E-state index contributed by atoms with van der Waals surface area (Å²) in [6.07, 6.45) is 1.75. The van der Waals surface area contributed by atoms with Crippen LogP contribution in [0.3, 0.4) is 0 Å². The van der Waals surface area contributed by atoms with Gasteiger partial charge in [-0.05, 0) is 35.2 Å². The second kappa shape index (κ2) is 4.79. The van der Waals surface area contributed by atoms with Gasteiger partial charge in [-0.3, -0.25) is 4.98 Å². The van der Waals surface area contributed by atoms with Crippen LogP contribution >= 0.6 is 11.6 Å². The van der Waals surface area contributed by atoms with Crippen molar-refractivity contribution in [2.24, 2.45) is 0 Å². The van der Waals surface area contributed by atoms with Crippen LogP contribution in [0.5, 0.6) is 0 Å². The SMILES string of the molecule is Clc1nc(-c2ccccn2)c2ccc3ccccc3c2n1. The molecule has 0 bridgehead atoms. The lowest BCUT2D eigenvalue weighted by molar-refractivity contribution is 1.20.